The molecule has 3 aromatic carbocycles. The van der Waals surface area contributed by atoms with Gasteiger partial charge in [0, 0.05) is 49.3 Å². The average molecular weight is 503 g/mol. The van der Waals surface area contributed by atoms with Crippen molar-refractivity contribution in [2.24, 2.45) is 5.92 Å². The van der Waals surface area contributed by atoms with E-state index in [1.54, 1.807) is 18.2 Å². The second kappa shape index (κ2) is 10.6. The first-order valence-corrected chi connectivity index (χ1v) is 12.5. The van der Waals surface area contributed by atoms with E-state index < -0.39 is 6.10 Å². The van der Waals surface area contributed by atoms with E-state index in [-0.39, 0.29) is 24.2 Å². The Hall–Kier alpha value is -3.84. The molecule has 2 aliphatic rings. The van der Waals surface area contributed by atoms with Crippen molar-refractivity contribution < 1.29 is 23.8 Å². The van der Waals surface area contributed by atoms with Gasteiger partial charge in [0.2, 0.25) is 5.91 Å². The fraction of sp³-hybridized carbons (Fsp3) is 0.300. The summed E-state index contributed by atoms with van der Waals surface area (Å²) in [6.45, 7) is 6.19. The standard InChI is InChI=1S/C30H31FN2O4/c1-19-27-15-25(35)8-11-28(27)37-30(29(19)23-4-3-5-24(14-23)32-20(2)34)22-6-9-26(10-7-22)36-13-12-33-17-21(16-31)18-33/h3-11,14-15,21,30,35H,12-13,16-18H2,1-2H3,(H,32,34)/t30-/m0/s1. The molecule has 0 bridgehead atoms. The summed E-state index contributed by atoms with van der Waals surface area (Å²) in [6, 6.07) is 20.7. The van der Waals surface area contributed by atoms with E-state index >= 15 is 0 Å². The van der Waals surface area contributed by atoms with E-state index in [0.717, 1.165) is 53.2 Å². The number of ether oxygens (including phenoxy) is 2. The number of carbonyl (C=O) groups is 1. The minimum absolute atomic E-state index is 0.138. The lowest BCUT2D eigenvalue weighted by Crippen LogP contribution is -2.49. The number of phenols is 1. The van der Waals surface area contributed by atoms with E-state index in [0.29, 0.717) is 18.0 Å². The minimum Gasteiger partial charge on any atom is -0.508 e. The average Bonchev–Trinajstić information content (AvgIpc) is 2.86. The molecule has 5 rings (SSSR count). The lowest BCUT2D eigenvalue weighted by molar-refractivity contribution is -0.114. The molecule has 0 saturated carbocycles. The van der Waals surface area contributed by atoms with Gasteiger partial charge in [-0.3, -0.25) is 14.1 Å². The van der Waals surface area contributed by atoms with Crippen molar-refractivity contribution in [2.45, 2.75) is 20.0 Å². The van der Waals surface area contributed by atoms with Gasteiger partial charge in [-0.25, -0.2) is 0 Å². The van der Waals surface area contributed by atoms with E-state index in [9.17, 15) is 14.3 Å². The summed E-state index contributed by atoms with van der Waals surface area (Å²) < 4.78 is 25.0. The van der Waals surface area contributed by atoms with E-state index in [4.69, 9.17) is 9.47 Å². The number of benzene rings is 3. The van der Waals surface area contributed by atoms with E-state index in [2.05, 4.69) is 10.2 Å². The summed E-state index contributed by atoms with van der Waals surface area (Å²) in [5.74, 6) is 1.67. The van der Waals surface area contributed by atoms with Gasteiger partial charge in [-0.1, -0.05) is 24.3 Å². The number of anilines is 1. The number of rotatable bonds is 8. The normalized spacial score (nSPS) is 17.5. The maximum absolute atomic E-state index is 12.6. The molecular weight excluding hydrogens is 471 g/mol. The number of hydrogen-bond donors (Lipinski definition) is 2. The zero-order chi connectivity index (χ0) is 25.9. The molecule has 1 amide bonds. The van der Waals surface area contributed by atoms with Crippen LogP contribution in [0.3, 0.4) is 0 Å². The highest BCUT2D eigenvalue weighted by atomic mass is 19.1. The molecule has 2 heterocycles. The largest absolute Gasteiger partial charge is 0.508 e. The number of aromatic hydroxyl groups is 1. The Labute approximate surface area is 216 Å². The monoisotopic (exact) mass is 502 g/mol. The SMILES string of the molecule is CC(=O)Nc1cccc(C2=C(C)c3cc(O)ccc3O[C@H]2c2ccc(OCCN3CC(CF)C3)cc2)c1. The molecule has 1 fully saturated rings. The molecule has 2 aliphatic heterocycles. The van der Waals surface area contributed by atoms with Crippen molar-refractivity contribution in [2.75, 3.05) is 38.2 Å². The lowest BCUT2D eigenvalue weighted by Gasteiger charge is -2.37. The second-order valence-corrected chi connectivity index (χ2v) is 9.68. The third-order valence-corrected chi connectivity index (χ3v) is 6.88. The summed E-state index contributed by atoms with van der Waals surface area (Å²) in [4.78, 5) is 13.8. The number of nitrogens with zero attached hydrogens (tertiary/aromatic N) is 1. The van der Waals surface area contributed by atoms with Crippen LogP contribution in [-0.2, 0) is 4.79 Å². The highest BCUT2D eigenvalue weighted by Crippen LogP contribution is 2.47. The fourth-order valence-electron chi connectivity index (χ4n) is 5.00. The maximum Gasteiger partial charge on any atom is 0.221 e. The second-order valence-electron chi connectivity index (χ2n) is 9.68. The number of phenolic OH excluding ortho intramolecular Hbond substituents is 1. The Balaban J connectivity index is 1.40. The van der Waals surface area contributed by atoms with Gasteiger partial charge in [0.1, 0.15) is 30.0 Å². The van der Waals surface area contributed by atoms with E-state index in [1.807, 2.05) is 55.5 Å². The van der Waals surface area contributed by atoms with Gasteiger partial charge in [-0.15, -0.1) is 0 Å². The molecule has 0 aliphatic carbocycles. The first kappa shape index (κ1) is 24.8. The number of carbonyl (C=O) groups excluding carboxylic acids is 1. The molecule has 0 radical (unpaired) electrons. The van der Waals surface area contributed by atoms with Crippen LogP contribution in [-0.4, -0.2) is 48.8 Å². The van der Waals surface area contributed by atoms with Crippen LogP contribution >= 0.6 is 0 Å². The van der Waals surface area contributed by atoms with Gasteiger partial charge in [-0.05, 0) is 66.1 Å². The highest BCUT2D eigenvalue weighted by Gasteiger charge is 2.30. The quantitative estimate of drug-likeness (QED) is 0.414. The smallest absolute Gasteiger partial charge is 0.221 e. The zero-order valence-electron chi connectivity index (χ0n) is 21.0. The fourth-order valence-corrected chi connectivity index (χ4v) is 5.00. The van der Waals surface area contributed by atoms with Crippen molar-refractivity contribution in [3.63, 3.8) is 0 Å². The highest BCUT2D eigenvalue weighted by molar-refractivity contribution is 5.97. The van der Waals surface area contributed by atoms with Gasteiger partial charge in [0.15, 0.2) is 0 Å². The van der Waals surface area contributed by atoms with Gasteiger partial charge in [0.05, 0.1) is 6.67 Å². The lowest BCUT2D eigenvalue weighted by atomic mass is 9.86. The molecule has 6 nitrogen and oxygen atoms in total. The molecule has 0 aromatic heterocycles. The van der Waals surface area contributed by atoms with Crippen LogP contribution in [0.2, 0.25) is 0 Å². The van der Waals surface area contributed by atoms with Crippen molar-refractivity contribution in [1.29, 1.82) is 0 Å². The van der Waals surface area contributed by atoms with Crippen molar-refractivity contribution in [3.05, 3.63) is 83.4 Å². The van der Waals surface area contributed by atoms with Gasteiger partial charge >= 0.3 is 0 Å². The van der Waals surface area contributed by atoms with Crippen LogP contribution in [0.15, 0.2) is 66.7 Å². The van der Waals surface area contributed by atoms with Gasteiger partial charge in [0.25, 0.3) is 0 Å². The van der Waals surface area contributed by atoms with Crippen LogP contribution < -0.4 is 14.8 Å². The molecule has 37 heavy (non-hydrogen) atoms. The summed E-state index contributed by atoms with van der Waals surface area (Å²) in [7, 11) is 0. The van der Waals surface area contributed by atoms with Crippen LogP contribution in [0.4, 0.5) is 10.1 Å². The first-order chi connectivity index (χ1) is 17.9. The molecule has 192 valence electrons. The Morgan fingerprint density at radius 2 is 1.92 bits per heavy atom. The predicted octanol–water partition coefficient (Wildman–Crippen LogP) is 5.70. The molecule has 1 saturated heterocycles. The number of alkyl halides is 1. The summed E-state index contributed by atoms with van der Waals surface area (Å²) in [6.07, 6.45) is -0.391. The van der Waals surface area contributed by atoms with Gasteiger partial charge < -0.3 is 19.9 Å². The maximum atomic E-state index is 12.6. The molecule has 3 aromatic rings. The van der Waals surface area contributed by atoms with Crippen molar-refractivity contribution in [1.82, 2.24) is 4.90 Å². The van der Waals surface area contributed by atoms with Crippen molar-refractivity contribution in [3.8, 4) is 17.2 Å². The Bertz CT molecular complexity index is 1320. The van der Waals surface area contributed by atoms with Crippen LogP contribution in [0, 0.1) is 5.92 Å². The van der Waals surface area contributed by atoms with Gasteiger partial charge in [-0.2, -0.15) is 0 Å². The zero-order valence-corrected chi connectivity index (χ0v) is 21.0. The van der Waals surface area contributed by atoms with Crippen LogP contribution in [0.5, 0.6) is 17.2 Å². The van der Waals surface area contributed by atoms with Crippen LogP contribution in [0.1, 0.15) is 36.6 Å². The predicted molar refractivity (Wildman–Crippen MR) is 143 cm³/mol. The molecule has 7 heteroatoms. The van der Waals surface area contributed by atoms with Crippen molar-refractivity contribution >= 4 is 22.7 Å². The Morgan fingerprint density at radius 3 is 2.65 bits per heavy atom. The topological polar surface area (TPSA) is 71.0 Å². The Morgan fingerprint density at radius 1 is 1.14 bits per heavy atom. The third kappa shape index (κ3) is 5.47. The van der Waals surface area contributed by atoms with E-state index in [1.165, 1.54) is 6.92 Å². The number of halogens is 1. The third-order valence-electron chi connectivity index (χ3n) is 6.88. The number of fused-ring (bicyclic) bond motifs is 1. The summed E-state index contributed by atoms with van der Waals surface area (Å²) in [5.41, 5.74) is 5.36. The first-order valence-electron chi connectivity index (χ1n) is 12.5. The summed E-state index contributed by atoms with van der Waals surface area (Å²) >= 11 is 0. The number of hydrogen-bond acceptors (Lipinski definition) is 5. The Kier molecular flexibility index (Phi) is 7.15. The number of amides is 1. The van der Waals surface area contributed by atoms with Crippen LogP contribution in [0.25, 0.3) is 11.1 Å². The molecule has 1 atom stereocenters. The molecule has 0 unspecified atom stereocenters. The molecule has 0 spiro atoms. The minimum atomic E-state index is -0.391. The number of likely N-dealkylation sites (tertiary alicyclic amines) is 1. The molecule has 2 N–H and O–H groups in total. The molecular formula is C30H31FN2O4. The number of allylic oxidation sites excluding steroid dienone is 1. The number of nitrogens with one attached hydrogen (secondary N) is 1. The summed E-state index contributed by atoms with van der Waals surface area (Å²) in [5, 5.41) is 13.0.